The minimum atomic E-state index is -0.726. The fraction of sp³-hybridized carbons (Fsp3) is 0.222. The Morgan fingerprint density at radius 3 is 2.68 bits per heavy atom. The van der Waals surface area contributed by atoms with Crippen LogP contribution in [0.4, 0.5) is 11.4 Å². The summed E-state index contributed by atoms with van der Waals surface area (Å²) in [5.41, 5.74) is 1.10. The number of hydrogen-bond acceptors (Lipinski definition) is 4. The largest absolute Gasteiger partial charge is 0.497 e. The Balaban J connectivity index is 1.81. The molecule has 1 heterocycles. The third-order valence-electron chi connectivity index (χ3n) is 3.92. The normalized spacial score (nSPS) is 14.4. The summed E-state index contributed by atoms with van der Waals surface area (Å²) in [6.07, 6.45) is 0. The maximum Gasteiger partial charge on any atom is 0.265 e. The van der Waals surface area contributed by atoms with E-state index in [4.69, 9.17) is 21.1 Å². The number of nitrogens with one attached hydrogen (secondary N) is 1. The van der Waals surface area contributed by atoms with Crippen LogP contribution < -0.4 is 19.7 Å². The summed E-state index contributed by atoms with van der Waals surface area (Å²) in [4.78, 5) is 26.3. The van der Waals surface area contributed by atoms with Gasteiger partial charge < -0.3 is 14.8 Å². The molecule has 7 heteroatoms. The lowest BCUT2D eigenvalue weighted by atomic mass is 10.1. The molecule has 1 N–H and O–H groups in total. The first-order valence-electron chi connectivity index (χ1n) is 7.69. The number of rotatable bonds is 4. The van der Waals surface area contributed by atoms with E-state index in [1.54, 1.807) is 56.5 Å². The molecule has 0 aliphatic carbocycles. The van der Waals surface area contributed by atoms with Gasteiger partial charge in [-0.1, -0.05) is 11.6 Å². The second kappa shape index (κ2) is 7.03. The lowest BCUT2D eigenvalue weighted by Crippen LogP contribution is -2.49. The molecular formula is C18H17ClN2O4. The van der Waals surface area contributed by atoms with Gasteiger partial charge in [0.05, 0.1) is 12.8 Å². The average molecular weight is 361 g/mol. The average Bonchev–Trinajstić information content (AvgIpc) is 2.61. The van der Waals surface area contributed by atoms with Gasteiger partial charge in [-0.2, -0.15) is 0 Å². The summed E-state index contributed by atoms with van der Waals surface area (Å²) in [6, 6.07) is 11.2. The van der Waals surface area contributed by atoms with Crippen LogP contribution in [0.1, 0.15) is 6.92 Å². The Morgan fingerprint density at radius 1 is 1.28 bits per heavy atom. The van der Waals surface area contributed by atoms with E-state index in [0.29, 0.717) is 27.9 Å². The van der Waals surface area contributed by atoms with Gasteiger partial charge in [0.1, 0.15) is 17.5 Å². The predicted molar refractivity (Wildman–Crippen MR) is 95.5 cm³/mol. The molecule has 25 heavy (non-hydrogen) atoms. The maximum absolute atomic E-state index is 12.6. The van der Waals surface area contributed by atoms with Gasteiger partial charge in [0, 0.05) is 10.7 Å². The standard InChI is InChI=1S/C18H17ClN2O4/c1-11(18(23)20-13-4-6-14(24-2)7-5-13)21-15-9-12(19)3-8-16(15)25-10-17(21)22/h3-9,11H,10H2,1-2H3,(H,20,23). The quantitative estimate of drug-likeness (QED) is 0.909. The van der Waals surface area contributed by atoms with Crippen LogP contribution in [0.3, 0.4) is 0 Å². The molecular weight excluding hydrogens is 344 g/mol. The second-order valence-corrected chi connectivity index (χ2v) is 5.99. The molecule has 0 fully saturated rings. The summed E-state index contributed by atoms with van der Waals surface area (Å²) >= 11 is 6.03. The molecule has 0 spiro atoms. The molecule has 1 aliphatic heterocycles. The summed E-state index contributed by atoms with van der Waals surface area (Å²) in [6.45, 7) is 1.54. The van der Waals surface area contributed by atoms with Gasteiger partial charge in [0.15, 0.2) is 6.61 Å². The monoisotopic (exact) mass is 360 g/mol. The van der Waals surface area contributed by atoms with E-state index in [2.05, 4.69) is 5.32 Å². The van der Waals surface area contributed by atoms with Crippen molar-refractivity contribution in [2.24, 2.45) is 0 Å². The number of nitrogens with zero attached hydrogens (tertiary/aromatic N) is 1. The summed E-state index contributed by atoms with van der Waals surface area (Å²) in [5.74, 6) is 0.601. The van der Waals surface area contributed by atoms with Crippen LogP contribution in [-0.4, -0.2) is 31.6 Å². The highest BCUT2D eigenvalue weighted by atomic mass is 35.5. The lowest BCUT2D eigenvalue weighted by Gasteiger charge is -2.33. The van der Waals surface area contributed by atoms with Crippen LogP contribution in [0.25, 0.3) is 0 Å². The van der Waals surface area contributed by atoms with E-state index in [0.717, 1.165) is 0 Å². The zero-order valence-corrected chi connectivity index (χ0v) is 14.5. The van der Waals surface area contributed by atoms with Crippen LogP contribution in [0.2, 0.25) is 5.02 Å². The molecule has 0 saturated heterocycles. The van der Waals surface area contributed by atoms with E-state index in [1.807, 2.05) is 0 Å². The Morgan fingerprint density at radius 2 is 2.00 bits per heavy atom. The molecule has 0 aromatic heterocycles. The van der Waals surface area contributed by atoms with Crippen LogP contribution >= 0.6 is 11.6 Å². The highest BCUT2D eigenvalue weighted by Crippen LogP contribution is 2.35. The first kappa shape index (κ1) is 17.1. The van der Waals surface area contributed by atoms with Crippen molar-refractivity contribution in [3.63, 3.8) is 0 Å². The van der Waals surface area contributed by atoms with Gasteiger partial charge in [0.2, 0.25) is 5.91 Å². The number of ether oxygens (including phenoxy) is 2. The number of hydrogen-bond donors (Lipinski definition) is 1. The summed E-state index contributed by atoms with van der Waals surface area (Å²) < 4.78 is 10.5. The van der Waals surface area contributed by atoms with Gasteiger partial charge in [0.25, 0.3) is 5.91 Å². The third kappa shape index (κ3) is 3.53. The zero-order chi connectivity index (χ0) is 18.0. The first-order chi connectivity index (χ1) is 12.0. The minimum absolute atomic E-state index is 0.116. The molecule has 130 valence electrons. The highest BCUT2D eigenvalue weighted by molar-refractivity contribution is 6.31. The molecule has 1 aliphatic rings. The van der Waals surface area contributed by atoms with E-state index >= 15 is 0 Å². The predicted octanol–water partition coefficient (Wildman–Crippen LogP) is 3.10. The number of carbonyl (C=O) groups excluding carboxylic acids is 2. The highest BCUT2D eigenvalue weighted by Gasteiger charge is 2.33. The van der Waals surface area contributed by atoms with Gasteiger partial charge >= 0.3 is 0 Å². The lowest BCUT2D eigenvalue weighted by molar-refractivity contribution is -0.125. The van der Waals surface area contributed by atoms with Crippen molar-refractivity contribution in [3.05, 3.63) is 47.5 Å². The van der Waals surface area contributed by atoms with Gasteiger partial charge in [-0.3, -0.25) is 14.5 Å². The Bertz CT molecular complexity index is 807. The number of anilines is 2. The van der Waals surface area contributed by atoms with Crippen molar-refractivity contribution in [1.82, 2.24) is 0 Å². The van der Waals surface area contributed by atoms with Gasteiger partial charge in [-0.05, 0) is 49.4 Å². The van der Waals surface area contributed by atoms with Crippen molar-refractivity contribution < 1.29 is 19.1 Å². The summed E-state index contributed by atoms with van der Waals surface area (Å²) in [5, 5.41) is 3.26. The third-order valence-corrected chi connectivity index (χ3v) is 4.16. The fourth-order valence-electron chi connectivity index (χ4n) is 2.61. The number of halogens is 1. The van der Waals surface area contributed by atoms with Crippen LogP contribution in [0.15, 0.2) is 42.5 Å². The van der Waals surface area contributed by atoms with Gasteiger partial charge in [-0.25, -0.2) is 0 Å². The minimum Gasteiger partial charge on any atom is -0.497 e. The van der Waals surface area contributed by atoms with Crippen LogP contribution in [-0.2, 0) is 9.59 Å². The van der Waals surface area contributed by atoms with Crippen molar-refractivity contribution in [1.29, 1.82) is 0 Å². The number of carbonyl (C=O) groups is 2. The number of amides is 2. The first-order valence-corrected chi connectivity index (χ1v) is 8.06. The molecule has 0 bridgehead atoms. The Kier molecular flexibility index (Phi) is 4.81. The molecule has 2 aromatic rings. The number of methoxy groups -OCH3 is 1. The molecule has 1 atom stereocenters. The number of benzene rings is 2. The second-order valence-electron chi connectivity index (χ2n) is 5.56. The molecule has 2 aromatic carbocycles. The molecule has 1 unspecified atom stereocenters. The fourth-order valence-corrected chi connectivity index (χ4v) is 2.77. The zero-order valence-electron chi connectivity index (χ0n) is 13.8. The molecule has 6 nitrogen and oxygen atoms in total. The van der Waals surface area contributed by atoms with E-state index in [1.165, 1.54) is 4.90 Å². The van der Waals surface area contributed by atoms with Crippen LogP contribution in [0, 0.1) is 0 Å². The Labute approximate surface area is 150 Å². The smallest absolute Gasteiger partial charge is 0.265 e. The van der Waals surface area contributed by atoms with Gasteiger partial charge in [-0.15, -0.1) is 0 Å². The Hall–Kier alpha value is -2.73. The topological polar surface area (TPSA) is 67.9 Å². The van der Waals surface area contributed by atoms with Crippen LogP contribution in [0.5, 0.6) is 11.5 Å². The molecule has 0 saturated carbocycles. The molecule has 2 amide bonds. The SMILES string of the molecule is COc1ccc(NC(=O)C(C)N2C(=O)COc3ccc(Cl)cc32)cc1. The van der Waals surface area contributed by atoms with Crippen molar-refractivity contribution >= 4 is 34.8 Å². The maximum atomic E-state index is 12.6. The van der Waals surface area contributed by atoms with E-state index < -0.39 is 6.04 Å². The van der Waals surface area contributed by atoms with Crippen molar-refractivity contribution in [3.8, 4) is 11.5 Å². The molecule has 0 radical (unpaired) electrons. The van der Waals surface area contributed by atoms with Crippen molar-refractivity contribution in [2.75, 3.05) is 23.9 Å². The van der Waals surface area contributed by atoms with Crippen molar-refractivity contribution in [2.45, 2.75) is 13.0 Å². The van der Waals surface area contributed by atoms with E-state index in [9.17, 15) is 9.59 Å². The molecule has 3 rings (SSSR count). The summed E-state index contributed by atoms with van der Waals surface area (Å²) in [7, 11) is 1.57. The van der Waals surface area contributed by atoms with E-state index in [-0.39, 0.29) is 18.4 Å². The number of fused-ring (bicyclic) bond motifs is 1.